The Morgan fingerprint density at radius 3 is 2.67 bits per heavy atom. The maximum Gasteiger partial charge on any atom is 0.330 e. The average Bonchev–Trinajstić information content (AvgIpc) is 2.11. The Morgan fingerprint density at radius 2 is 2.17 bits per heavy atom. The molecule has 0 rings (SSSR count). The number of hydrogen-bond donors (Lipinski definition) is 0. The molecule has 12 heavy (non-hydrogen) atoms. The highest BCUT2D eigenvalue weighted by molar-refractivity contribution is 5.82. The fourth-order valence-corrected chi connectivity index (χ4v) is 0.592. The van der Waals surface area contributed by atoms with Gasteiger partial charge in [-0.3, -0.25) is 0 Å². The van der Waals surface area contributed by atoms with Gasteiger partial charge in [0, 0.05) is 6.08 Å². The molecule has 0 heterocycles. The van der Waals surface area contributed by atoms with Crippen molar-refractivity contribution in [3.63, 3.8) is 0 Å². The van der Waals surface area contributed by atoms with Gasteiger partial charge in [0.25, 0.3) is 0 Å². The lowest BCUT2D eigenvalue weighted by atomic mass is 10.1. The maximum atomic E-state index is 10.6. The van der Waals surface area contributed by atoms with Crippen molar-refractivity contribution < 1.29 is 9.53 Å². The lowest BCUT2D eigenvalue weighted by Gasteiger charge is -1.96. The summed E-state index contributed by atoms with van der Waals surface area (Å²) in [4.78, 5) is 10.6. The molecule has 2 heteroatoms. The Balaban J connectivity index is 3.73. The van der Waals surface area contributed by atoms with Crippen LogP contribution in [0.15, 0.2) is 24.3 Å². The smallest absolute Gasteiger partial charge is 0.330 e. The van der Waals surface area contributed by atoms with Crippen LogP contribution in [0.2, 0.25) is 0 Å². The van der Waals surface area contributed by atoms with E-state index < -0.39 is 0 Å². The Hall–Kier alpha value is -1.05. The minimum atomic E-state index is -0.316. The molecule has 0 fully saturated rings. The van der Waals surface area contributed by atoms with Gasteiger partial charge >= 0.3 is 5.97 Å². The van der Waals surface area contributed by atoms with Crippen LogP contribution in [-0.4, -0.2) is 13.1 Å². The number of allylic oxidation sites excluding steroid dienone is 3. The van der Waals surface area contributed by atoms with Crippen molar-refractivity contribution in [3.05, 3.63) is 24.3 Å². The second kappa shape index (κ2) is 6.65. The molecule has 0 bridgehead atoms. The second-order valence-electron chi connectivity index (χ2n) is 2.65. The third-order valence-corrected chi connectivity index (χ3v) is 1.63. The van der Waals surface area contributed by atoms with Crippen molar-refractivity contribution in [2.75, 3.05) is 7.11 Å². The molecule has 0 aromatic heterocycles. The Morgan fingerprint density at radius 1 is 1.50 bits per heavy atom. The van der Waals surface area contributed by atoms with Gasteiger partial charge < -0.3 is 4.74 Å². The van der Waals surface area contributed by atoms with Crippen LogP contribution in [0.4, 0.5) is 0 Å². The zero-order valence-corrected chi connectivity index (χ0v) is 7.91. The highest BCUT2D eigenvalue weighted by atomic mass is 16.5. The second-order valence-corrected chi connectivity index (χ2v) is 2.65. The quantitative estimate of drug-likeness (QED) is 0.366. The van der Waals surface area contributed by atoms with Crippen LogP contribution in [0, 0.1) is 5.92 Å². The van der Waals surface area contributed by atoms with E-state index in [1.165, 1.54) is 13.2 Å². The van der Waals surface area contributed by atoms with Gasteiger partial charge in [0.05, 0.1) is 7.11 Å². The predicted molar refractivity (Wildman–Crippen MR) is 49.8 cm³/mol. The zero-order chi connectivity index (χ0) is 9.40. The van der Waals surface area contributed by atoms with Crippen molar-refractivity contribution in [2.45, 2.75) is 20.3 Å². The average molecular weight is 168 g/mol. The predicted octanol–water partition coefficient (Wildman–Crippen LogP) is 2.32. The van der Waals surface area contributed by atoms with Gasteiger partial charge in [-0.15, -0.1) is 0 Å². The van der Waals surface area contributed by atoms with E-state index in [9.17, 15) is 4.79 Å². The molecule has 0 aliphatic carbocycles. The SMILES string of the molecule is CC[C@H](C)/C=C/C=C/C(=O)OC. The van der Waals surface area contributed by atoms with Crippen molar-refractivity contribution in [2.24, 2.45) is 5.92 Å². The van der Waals surface area contributed by atoms with Gasteiger partial charge in [0.1, 0.15) is 0 Å². The van der Waals surface area contributed by atoms with Crippen molar-refractivity contribution >= 4 is 5.97 Å². The van der Waals surface area contributed by atoms with Gasteiger partial charge in [-0.1, -0.05) is 38.5 Å². The van der Waals surface area contributed by atoms with Crippen LogP contribution in [0.1, 0.15) is 20.3 Å². The van der Waals surface area contributed by atoms with Crippen LogP contribution >= 0.6 is 0 Å². The third-order valence-electron chi connectivity index (χ3n) is 1.63. The molecule has 0 N–H and O–H groups in total. The van der Waals surface area contributed by atoms with Crippen LogP contribution in [0.25, 0.3) is 0 Å². The van der Waals surface area contributed by atoms with Crippen LogP contribution < -0.4 is 0 Å². The number of carbonyl (C=O) groups excluding carboxylic acids is 1. The summed E-state index contributed by atoms with van der Waals surface area (Å²) in [5.74, 6) is 0.246. The van der Waals surface area contributed by atoms with Crippen LogP contribution in [0.5, 0.6) is 0 Å². The lowest BCUT2D eigenvalue weighted by Crippen LogP contribution is -1.92. The molecular formula is C10H16O2. The molecule has 0 unspecified atom stereocenters. The van der Waals surface area contributed by atoms with Gasteiger partial charge in [-0.05, 0) is 5.92 Å². The van der Waals surface area contributed by atoms with E-state index in [0.29, 0.717) is 5.92 Å². The molecule has 0 aromatic rings. The topological polar surface area (TPSA) is 26.3 Å². The summed E-state index contributed by atoms with van der Waals surface area (Å²) in [6, 6.07) is 0. The van der Waals surface area contributed by atoms with E-state index >= 15 is 0 Å². The van der Waals surface area contributed by atoms with Crippen LogP contribution in [0.3, 0.4) is 0 Å². The standard InChI is InChI=1S/C10H16O2/c1-4-9(2)7-5-6-8-10(11)12-3/h5-9H,4H2,1-3H3/b7-5+,8-6+/t9-/m0/s1. The summed E-state index contributed by atoms with van der Waals surface area (Å²) in [6.45, 7) is 4.25. The van der Waals surface area contributed by atoms with E-state index in [2.05, 4.69) is 24.7 Å². The van der Waals surface area contributed by atoms with Crippen LogP contribution in [-0.2, 0) is 9.53 Å². The molecule has 2 nitrogen and oxygen atoms in total. The number of ether oxygens (including phenoxy) is 1. The molecule has 0 radical (unpaired) electrons. The first kappa shape index (κ1) is 11.0. The van der Waals surface area contributed by atoms with E-state index in [1.807, 2.05) is 6.08 Å². The Labute approximate surface area is 73.9 Å². The number of hydrogen-bond acceptors (Lipinski definition) is 2. The normalized spacial score (nSPS) is 13.9. The van der Waals surface area contributed by atoms with Gasteiger partial charge in [0.2, 0.25) is 0 Å². The van der Waals surface area contributed by atoms with E-state index in [4.69, 9.17) is 0 Å². The molecule has 0 amide bonds. The molecule has 0 aromatic carbocycles. The highest BCUT2D eigenvalue weighted by Gasteiger charge is 1.89. The summed E-state index contributed by atoms with van der Waals surface area (Å²) in [5.41, 5.74) is 0. The number of rotatable bonds is 4. The first-order valence-electron chi connectivity index (χ1n) is 4.13. The van der Waals surface area contributed by atoms with Gasteiger partial charge in [-0.2, -0.15) is 0 Å². The Bertz CT molecular complexity index is 180. The Kier molecular flexibility index (Phi) is 6.07. The summed E-state index contributed by atoms with van der Waals surface area (Å²) in [7, 11) is 1.37. The van der Waals surface area contributed by atoms with E-state index in [0.717, 1.165) is 6.42 Å². The molecule has 0 spiro atoms. The van der Waals surface area contributed by atoms with E-state index in [1.54, 1.807) is 6.08 Å². The molecule has 1 atom stereocenters. The molecule has 0 aliphatic heterocycles. The van der Waals surface area contributed by atoms with Gasteiger partial charge in [0.15, 0.2) is 0 Å². The highest BCUT2D eigenvalue weighted by Crippen LogP contribution is 2.01. The van der Waals surface area contributed by atoms with Crippen molar-refractivity contribution in [1.29, 1.82) is 0 Å². The molecule has 0 saturated carbocycles. The monoisotopic (exact) mass is 168 g/mol. The summed E-state index contributed by atoms with van der Waals surface area (Å²) < 4.78 is 4.42. The molecule has 0 aliphatic rings. The number of methoxy groups -OCH3 is 1. The van der Waals surface area contributed by atoms with Crippen molar-refractivity contribution in [1.82, 2.24) is 0 Å². The minimum Gasteiger partial charge on any atom is -0.466 e. The largest absolute Gasteiger partial charge is 0.466 e. The fourth-order valence-electron chi connectivity index (χ4n) is 0.592. The fraction of sp³-hybridized carbons (Fsp3) is 0.500. The summed E-state index contributed by atoms with van der Waals surface area (Å²) in [6.07, 6.45) is 8.13. The minimum absolute atomic E-state index is 0.316. The summed E-state index contributed by atoms with van der Waals surface area (Å²) >= 11 is 0. The maximum absolute atomic E-state index is 10.6. The zero-order valence-electron chi connectivity index (χ0n) is 7.91. The molecule has 68 valence electrons. The lowest BCUT2D eigenvalue weighted by molar-refractivity contribution is -0.134. The van der Waals surface area contributed by atoms with Crippen molar-refractivity contribution in [3.8, 4) is 0 Å². The van der Waals surface area contributed by atoms with Gasteiger partial charge in [-0.25, -0.2) is 4.79 Å². The van der Waals surface area contributed by atoms with E-state index in [-0.39, 0.29) is 5.97 Å². The third kappa shape index (κ3) is 5.71. The number of carbonyl (C=O) groups is 1. The molecule has 0 saturated heterocycles. The first-order chi connectivity index (χ1) is 5.70. The molecular weight excluding hydrogens is 152 g/mol. The summed E-state index contributed by atoms with van der Waals surface area (Å²) in [5, 5.41) is 0. The first-order valence-corrected chi connectivity index (χ1v) is 4.13. The number of esters is 1.